The minimum atomic E-state index is -0.649. The number of aryl methyl sites for hydroxylation is 2. The van der Waals surface area contributed by atoms with Gasteiger partial charge in [-0.25, -0.2) is 0 Å². The molecule has 4 unspecified atom stereocenters. The predicted molar refractivity (Wildman–Crippen MR) is 255 cm³/mol. The standard InChI is InChI=1S/C57H52N2O5/c1-37-15-11-13-21-47(37)53-49(33-58(31-39(3)60)35-51(53)56(63)43-17-7-5-8-18-43)41-23-27-45(28-24-41)55(62)46-29-25-42(26-30-46)50-34-59(32-40(4)61)36-52(57(64)44-19-9-6-10-20-44)54(50)48-22-14-12-16-38(48)2/h5-30,33-36,39-40,53-54,60-61H,31-32H2,1-4H3. The van der Waals surface area contributed by atoms with Crippen molar-refractivity contribution in [1.29, 1.82) is 0 Å². The fraction of sp³-hybridized carbons (Fsp3) is 0.175. The zero-order valence-electron chi connectivity index (χ0n) is 36.6. The van der Waals surface area contributed by atoms with Crippen LogP contribution < -0.4 is 0 Å². The maximum Gasteiger partial charge on any atom is 0.193 e. The highest BCUT2D eigenvalue weighted by Gasteiger charge is 2.35. The normalized spacial score (nSPS) is 17.1. The molecule has 320 valence electrons. The van der Waals surface area contributed by atoms with Crippen LogP contribution in [0, 0.1) is 13.8 Å². The van der Waals surface area contributed by atoms with Gasteiger partial charge in [-0.3, -0.25) is 14.4 Å². The molecule has 0 aromatic heterocycles. The third-order valence-corrected chi connectivity index (χ3v) is 12.0. The third-order valence-electron chi connectivity index (χ3n) is 12.0. The average Bonchev–Trinajstić information content (AvgIpc) is 3.31. The summed E-state index contributed by atoms with van der Waals surface area (Å²) in [6, 6.07) is 49.7. The molecule has 64 heavy (non-hydrogen) atoms. The van der Waals surface area contributed by atoms with Crippen molar-refractivity contribution in [3.05, 3.63) is 249 Å². The van der Waals surface area contributed by atoms with Crippen LogP contribution in [0.2, 0.25) is 0 Å². The second-order valence-electron chi connectivity index (χ2n) is 16.9. The lowest BCUT2D eigenvalue weighted by Crippen LogP contribution is -2.29. The Balaban J connectivity index is 1.13. The maximum absolute atomic E-state index is 14.3. The molecule has 0 saturated heterocycles. The van der Waals surface area contributed by atoms with Crippen molar-refractivity contribution in [2.45, 2.75) is 51.7 Å². The maximum atomic E-state index is 14.3. The largest absolute Gasteiger partial charge is 0.392 e. The Bertz CT molecular complexity index is 2610. The highest BCUT2D eigenvalue weighted by molar-refractivity contribution is 6.13. The van der Waals surface area contributed by atoms with Gasteiger partial charge in [0.05, 0.1) is 12.2 Å². The van der Waals surface area contributed by atoms with Crippen LogP contribution in [0.1, 0.15) is 95.7 Å². The number of benzene rings is 6. The minimum Gasteiger partial charge on any atom is -0.392 e. The van der Waals surface area contributed by atoms with Gasteiger partial charge >= 0.3 is 0 Å². The Hall–Kier alpha value is -7.19. The van der Waals surface area contributed by atoms with Gasteiger partial charge in [0.25, 0.3) is 0 Å². The van der Waals surface area contributed by atoms with Crippen LogP contribution in [0.25, 0.3) is 11.1 Å². The second-order valence-corrected chi connectivity index (χ2v) is 16.9. The van der Waals surface area contributed by atoms with Crippen molar-refractivity contribution in [2.75, 3.05) is 13.1 Å². The molecule has 2 N–H and O–H groups in total. The summed E-state index contributed by atoms with van der Waals surface area (Å²) in [6.45, 7) is 8.14. The highest BCUT2D eigenvalue weighted by atomic mass is 16.3. The van der Waals surface area contributed by atoms with Crippen LogP contribution in [-0.4, -0.2) is 62.7 Å². The summed E-state index contributed by atoms with van der Waals surface area (Å²) in [4.78, 5) is 46.7. The molecule has 0 aliphatic carbocycles. The average molecular weight is 845 g/mol. The number of carbonyl (C=O) groups is 3. The number of aliphatic hydroxyl groups excluding tert-OH is 2. The third kappa shape index (κ3) is 9.27. The van der Waals surface area contributed by atoms with Crippen molar-refractivity contribution < 1.29 is 24.6 Å². The summed E-state index contributed by atoms with van der Waals surface area (Å²) >= 11 is 0. The number of aliphatic hydroxyl groups is 2. The van der Waals surface area contributed by atoms with E-state index in [9.17, 15) is 24.6 Å². The monoisotopic (exact) mass is 844 g/mol. The van der Waals surface area contributed by atoms with E-state index in [0.29, 0.717) is 46.5 Å². The summed E-state index contributed by atoms with van der Waals surface area (Å²) in [5, 5.41) is 20.9. The zero-order chi connectivity index (χ0) is 44.9. The fourth-order valence-electron chi connectivity index (χ4n) is 8.90. The lowest BCUT2D eigenvalue weighted by atomic mass is 9.76. The Kier molecular flexibility index (Phi) is 12.9. The first kappa shape index (κ1) is 43.5. The van der Waals surface area contributed by atoms with Crippen molar-refractivity contribution in [3.63, 3.8) is 0 Å². The number of ketones is 3. The van der Waals surface area contributed by atoms with Gasteiger partial charge in [0.15, 0.2) is 17.3 Å². The van der Waals surface area contributed by atoms with E-state index in [1.807, 2.05) is 194 Å². The number of carbonyl (C=O) groups excluding carboxylic acids is 3. The number of nitrogens with zero attached hydrogens (tertiary/aromatic N) is 2. The highest BCUT2D eigenvalue weighted by Crippen LogP contribution is 2.45. The molecule has 2 aliphatic rings. The number of hydrogen-bond acceptors (Lipinski definition) is 7. The summed E-state index contributed by atoms with van der Waals surface area (Å²) < 4.78 is 0. The zero-order valence-corrected chi connectivity index (χ0v) is 36.6. The summed E-state index contributed by atoms with van der Waals surface area (Å²) in [5.74, 6) is -1.14. The minimum absolute atomic E-state index is 0.0924. The summed E-state index contributed by atoms with van der Waals surface area (Å²) in [7, 11) is 0. The predicted octanol–water partition coefficient (Wildman–Crippen LogP) is 10.7. The van der Waals surface area contributed by atoms with E-state index in [4.69, 9.17) is 0 Å². The number of hydrogen-bond donors (Lipinski definition) is 2. The van der Waals surface area contributed by atoms with Crippen molar-refractivity contribution in [3.8, 4) is 0 Å². The molecule has 0 radical (unpaired) electrons. The number of Topliss-reactive ketones (excluding diaryl/α,β-unsaturated/α-hetero) is 2. The van der Waals surface area contributed by atoms with Crippen molar-refractivity contribution in [2.24, 2.45) is 0 Å². The fourth-order valence-corrected chi connectivity index (χ4v) is 8.90. The Morgan fingerprint density at radius 2 is 0.766 bits per heavy atom. The van der Waals surface area contributed by atoms with E-state index in [2.05, 4.69) is 12.1 Å². The molecule has 0 saturated carbocycles. The first-order chi connectivity index (χ1) is 31.0. The van der Waals surface area contributed by atoms with Gasteiger partial charge in [0, 0.05) is 83.1 Å². The van der Waals surface area contributed by atoms with E-state index in [1.54, 1.807) is 13.8 Å². The second kappa shape index (κ2) is 19.1. The smallest absolute Gasteiger partial charge is 0.193 e. The van der Waals surface area contributed by atoms with Crippen LogP contribution in [0.5, 0.6) is 0 Å². The van der Waals surface area contributed by atoms with Gasteiger partial charge in [-0.05, 0) is 72.2 Å². The lowest BCUT2D eigenvalue weighted by Gasteiger charge is -2.33. The van der Waals surface area contributed by atoms with Gasteiger partial charge in [-0.15, -0.1) is 0 Å². The molecule has 2 heterocycles. The van der Waals surface area contributed by atoms with Crippen LogP contribution in [0.3, 0.4) is 0 Å². The molecule has 6 aromatic carbocycles. The quantitative estimate of drug-likeness (QED) is 0.105. The number of rotatable bonds is 14. The molecule has 0 bridgehead atoms. The molecule has 4 atom stereocenters. The summed E-state index contributed by atoms with van der Waals surface area (Å²) in [5.41, 5.74) is 10.9. The lowest BCUT2D eigenvalue weighted by molar-refractivity contribution is 0.101. The van der Waals surface area contributed by atoms with Crippen LogP contribution in [0.15, 0.2) is 194 Å². The van der Waals surface area contributed by atoms with E-state index >= 15 is 0 Å². The SMILES string of the molecule is Cc1ccccc1C1C(C(=O)c2ccccc2)=CN(CC(C)O)C=C1c1ccc(C(=O)c2ccc(C3=CN(CC(C)O)C=C(C(=O)c4ccccc4)C3c3ccccc3C)cc2)cc1. The van der Waals surface area contributed by atoms with Gasteiger partial charge in [0.2, 0.25) is 0 Å². The molecule has 6 aromatic rings. The van der Waals surface area contributed by atoms with Crippen molar-refractivity contribution in [1.82, 2.24) is 9.80 Å². The van der Waals surface area contributed by atoms with Gasteiger partial charge in [0.1, 0.15) is 0 Å². The van der Waals surface area contributed by atoms with Crippen LogP contribution in [0.4, 0.5) is 0 Å². The number of allylic oxidation sites excluding steroid dienone is 4. The topological polar surface area (TPSA) is 98.2 Å². The van der Waals surface area contributed by atoms with Gasteiger partial charge in [-0.2, -0.15) is 0 Å². The first-order valence-corrected chi connectivity index (χ1v) is 21.8. The first-order valence-electron chi connectivity index (χ1n) is 21.8. The van der Waals surface area contributed by atoms with Crippen molar-refractivity contribution >= 4 is 28.5 Å². The van der Waals surface area contributed by atoms with Crippen LogP contribution in [-0.2, 0) is 0 Å². The Morgan fingerprint density at radius 1 is 0.438 bits per heavy atom. The molecule has 0 spiro atoms. The van der Waals surface area contributed by atoms with Gasteiger partial charge < -0.3 is 20.0 Å². The molecular formula is C57H52N2O5. The molecule has 8 rings (SSSR count). The van der Waals surface area contributed by atoms with E-state index in [0.717, 1.165) is 44.5 Å². The Morgan fingerprint density at radius 3 is 1.11 bits per heavy atom. The van der Waals surface area contributed by atoms with Crippen LogP contribution >= 0.6 is 0 Å². The van der Waals surface area contributed by atoms with E-state index < -0.39 is 24.0 Å². The molecular weight excluding hydrogens is 793 g/mol. The summed E-state index contributed by atoms with van der Waals surface area (Å²) in [6.07, 6.45) is 6.43. The molecule has 7 heteroatoms. The molecule has 0 amide bonds. The number of β-amino-alcohol motifs (C(OH)–C–C–N with tert-alkyl or cyclic N) is 2. The van der Waals surface area contributed by atoms with Gasteiger partial charge in [-0.1, -0.05) is 158 Å². The van der Waals surface area contributed by atoms with E-state index in [1.165, 1.54) is 0 Å². The Labute approximate surface area is 375 Å². The molecule has 7 nitrogen and oxygen atoms in total. The van der Waals surface area contributed by atoms with E-state index in [-0.39, 0.29) is 17.3 Å². The molecule has 0 fully saturated rings. The molecule has 2 aliphatic heterocycles.